The van der Waals surface area contributed by atoms with Crippen LogP contribution in [0.3, 0.4) is 0 Å². The number of anilines is 1. The van der Waals surface area contributed by atoms with E-state index in [1.807, 2.05) is 12.1 Å². The molecule has 0 saturated carbocycles. The molecule has 0 fully saturated rings. The van der Waals surface area contributed by atoms with E-state index in [2.05, 4.69) is 15.7 Å². The van der Waals surface area contributed by atoms with Crippen LogP contribution >= 0.6 is 11.6 Å². The maximum absolute atomic E-state index is 13.1. The van der Waals surface area contributed by atoms with Gasteiger partial charge in [-0.05, 0) is 36.8 Å². The molecule has 0 aliphatic rings. The van der Waals surface area contributed by atoms with Gasteiger partial charge in [0.1, 0.15) is 0 Å². The summed E-state index contributed by atoms with van der Waals surface area (Å²) in [4.78, 5) is 23.8. The lowest BCUT2D eigenvalue weighted by atomic mass is 10.1. The third-order valence-corrected chi connectivity index (χ3v) is 4.27. The Labute approximate surface area is 170 Å². The zero-order chi connectivity index (χ0) is 20.8. The van der Waals surface area contributed by atoms with Gasteiger partial charge in [0, 0.05) is 41.5 Å². The highest BCUT2D eigenvalue weighted by atomic mass is 35.5. The summed E-state index contributed by atoms with van der Waals surface area (Å²) in [7, 11) is 0. The molecule has 2 amide bonds. The number of aromatic nitrogens is 2. The lowest BCUT2D eigenvalue weighted by Gasteiger charge is -2.09. The molecule has 2 aromatic carbocycles. The van der Waals surface area contributed by atoms with Gasteiger partial charge in [0.15, 0.2) is 11.6 Å². The van der Waals surface area contributed by atoms with Gasteiger partial charge < -0.3 is 10.6 Å². The Morgan fingerprint density at radius 1 is 1.03 bits per heavy atom. The molecule has 150 valence electrons. The fourth-order valence-corrected chi connectivity index (χ4v) is 2.69. The Kier molecular flexibility index (Phi) is 6.56. The first kappa shape index (κ1) is 20.5. The third kappa shape index (κ3) is 5.61. The molecule has 0 atom stereocenters. The molecule has 3 aromatic rings. The number of halogens is 3. The molecule has 6 nitrogen and oxygen atoms in total. The highest BCUT2D eigenvalue weighted by molar-refractivity contribution is 6.30. The molecule has 0 saturated heterocycles. The van der Waals surface area contributed by atoms with Crippen LogP contribution in [0.5, 0.6) is 0 Å². The summed E-state index contributed by atoms with van der Waals surface area (Å²) in [6, 6.07) is 12.7. The van der Waals surface area contributed by atoms with Gasteiger partial charge >= 0.3 is 6.03 Å². The van der Waals surface area contributed by atoms with Crippen LogP contribution in [-0.4, -0.2) is 22.4 Å². The first-order valence-electron chi connectivity index (χ1n) is 8.76. The van der Waals surface area contributed by atoms with Gasteiger partial charge in [-0.1, -0.05) is 23.7 Å². The van der Waals surface area contributed by atoms with Crippen molar-refractivity contribution < 1.29 is 13.6 Å². The van der Waals surface area contributed by atoms with Gasteiger partial charge in [-0.2, -0.15) is 5.10 Å². The monoisotopic (exact) mass is 418 g/mol. The molecule has 1 heterocycles. The van der Waals surface area contributed by atoms with Gasteiger partial charge in [-0.15, -0.1) is 0 Å². The van der Waals surface area contributed by atoms with Crippen molar-refractivity contribution in [3.63, 3.8) is 0 Å². The summed E-state index contributed by atoms with van der Waals surface area (Å²) in [6.07, 6.45) is 0.447. The molecule has 3 rings (SSSR count). The molecule has 0 radical (unpaired) electrons. The second-order valence-electron chi connectivity index (χ2n) is 6.15. The largest absolute Gasteiger partial charge is 0.338 e. The highest BCUT2D eigenvalue weighted by Crippen LogP contribution is 2.18. The van der Waals surface area contributed by atoms with Crippen molar-refractivity contribution in [1.29, 1.82) is 0 Å². The maximum atomic E-state index is 13.1. The molecule has 0 aliphatic carbocycles. The number of carbonyl (C=O) groups excluding carboxylic acids is 1. The molecule has 2 N–H and O–H groups in total. The quantitative estimate of drug-likeness (QED) is 0.593. The van der Waals surface area contributed by atoms with Crippen LogP contribution in [0.4, 0.5) is 19.3 Å². The summed E-state index contributed by atoms with van der Waals surface area (Å²) >= 11 is 5.88. The molecule has 0 bridgehead atoms. The van der Waals surface area contributed by atoms with Crippen molar-refractivity contribution in [3.05, 3.63) is 81.6 Å². The number of nitrogens with one attached hydrogen (secondary N) is 2. The fraction of sp³-hybridized carbons (Fsp3) is 0.150. The lowest BCUT2D eigenvalue weighted by molar-refractivity contribution is 0.251. The predicted molar refractivity (Wildman–Crippen MR) is 107 cm³/mol. The van der Waals surface area contributed by atoms with Crippen LogP contribution in [0, 0.1) is 11.6 Å². The Morgan fingerprint density at radius 3 is 2.52 bits per heavy atom. The molecular weight excluding hydrogens is 402 g/mol. The molecule has 9 heteroatoms. The second kappa shape index (κ2) is 9.29. The SMILES string of the molecule is O=C(NCCCn1nc(-c2ccc(Cl)cc2)ccc1=O)Nc1ccc(F)c(F)c1. The Balaban J connectivity index is 1.52. The van der Waals surface area contributed by atoms with E-state index in [1.54, 1.807) is 18.2 Å². The minimum atomic E-state index is -1.05. The molecule has 0 spiro atoms. The van der Waals surface area contributed by atoms with Crippen molar-refractivity contribution in [2.45, 2.75) is 13.0 Å². The molecule has 0 aliphatic heterocycles. The van der Waals surface area contributed by atoms with Crippen LogP contribution in [-0.2, 0) is 6.54 Å². The summed E-state index contributed by atoms with van der Waals surface area (Å²) in [5, 5.41) is 9.92. The number of benzene rings is 2. The van der Waals surface area contributed by atoms with Crippen molar-refractivity contribution >= 4 is 23.3 Å². The summed E-state index contributed by atoms with van der Waals surface area (Å²) in [5.74, 6) is -2.04. The number of hydrogen-bond acceptors (Lipinski definition) is 3. The zero-order valence-electron chi connectivity index (χ0n) is 15.2. The van der Waals surface area contributed by atoms with Crippen molar-refractivity contribution in [3.8, 4) is 11.3 Å². The number of rotatable bonds is 6. The van der Waals surface area contributed by atoms with Gasteiger partial charge in [0.05, 0.1) is 5.69 Å². The Morgan fingerprint density at radius 2 is 1.79 bits per heavy atom. The topological polar surface area (TPSA) is 76.0 Å². The van der Waals surface area contributed by atoms with Crippen LogP contribution in [0.2, 0.25) is 5.02 Å². The predicted octanol–water partition coefficient (Wildman–Crippen LogP) is 4.05. The van der Waals surface area contributed by atoms with Gasteiger partial charge in [-0.25, -0.2) is 18.3 Å². The number of hydrogen-bond donors (Lipinski definition) is 2. The van der Waals surface area contributed by atoms with E-state index in [9.17, 15) is 18.4 Å². The standard InChI is InChI=1S/C20H17ClF2N4O2/c21-14-4-2-13(3-5-14)18-8-9-19(28)27(26-18)11-1-10-24-20(29)25-15-6-7-16(22)17(23)12-15/h2-9,12H,1,10-11H2,(H2,24,25,29). The molecule has 1 aromatic heterocycles. The van der Waals surface area contributed by atoms with Crippen molar-refractivity contribution in [2.75, 3.05) is 11.9 Å². The first-order chi connectivity index (χ1) is 13.9. The number of nitrogens with zero attached hydrogens (tertiary/aromatic N) is 2. The Bertz CT molecular complexity index is 1070. The number of aryl methyl sites for hydroxylation is 1. The summed E-state index contributed by atoms with van der Waals surface area (Å²) < 4.78 is 27.4. The average Bonchev–Trinajstić information content (AvgIpc) is 2.70. The van der Waals surface area contributed by atoms with E-state index in [4.69, 9.17) is 11.6 Å². The third-order valence-electron chi connectivity index (χ3n) is 4.02. The number of amides is 2. The Hall–Kier alpha value is -3.26. The van der Waals surface area contributed by atoms with Gasteiger partial charge in [0.25, 0.3) is 5.56 Å². The van der Waals surface area contributed by atoms with Crippen LogP contribution in [0.25, 0.3) is 11.3 Å². The average molecular weight is 419 g/mol. The van der Waals surface area contributed by atoms with E-state index in [0.29, 0.717) is 23.7 Å². The first-order valence-corrected chi connectivity index (χ1v) is 9.14. The molecular formula is C20H17ClF2N4O2. The minimum absolute atomic E-state index is 0.134. The van der Waals surface area contributed by atoms with E-state index < -0.39 is 17.7 Å². The van der Waals surface area contributed by atoms with E-state index in [1.165, 1.54) is 16.8 Å². The van der Waals surface area contributed by atoms with Crippen molar-refractivity contribution in [2.24, 2.45) is 0 Å². The van der Waals surface area contributed by atoms with E-state index in [-0.39, 0.29) is 17.8 Å². The second-order valence-corrected chi connectivity index (χ2v) is 6.59. The normalized spacial score (nSPS) is 10.6. The van der Waals surface area contributed by atoms with Crippen molar-refractivity contribution in [1.82, 2.24) is 15.1 Å². The maximum Gasteiger partial charge on any atom is 0.319 e. The lowest BCUT2D eigenvalue weighted by Crippen LogP contribution is -2.31. The fourth-order valence-electron chi connectivity index (χ4n) is 2.56. The van der Waals surface area contributed by atoms with Gasteiger partial charge in [-0.3, -0.25) is 4.79 Å². The van der Waals surface area contributed by atoms with E-state index in [0.717, 1.165) is 17.7 Å². The summed E-state index contributed by atoms with van der Waals surface area (Å²) in [5.41, 5.74) is 1.33. The summed E-state index contributed by atoms with van der Waals surface area (Å²) in [6.45, 7) is 0.556. The zero-order valence-corrected chi connectivity index (χ0v) is 15.9. The molecule has 29 heavy (non-hydrogen) atoms. The minimum Gasteiger partial charge on any atom is -0.338 e. The molecule has 0 unspecified atom stereocenters. The van der Waals surface area contributed by atoms with Crippen LogP contribution in [0.15, 0.2) is 59.4 Å². The number of carbonyl (C=O) groups is 1. The number of urea groups is 1. The van der Waals surface area contributed by atoms with Crippen LogP contribution in [0.1, 0.15) is 6.42 Å². The van der Waals surface area contributed by atoms with E-state index >= 15 is 0 Å². The smallest absolute Gasteiger partial charge is 0.319 e. The van der Waals surface area contributed by atoms with Gasteiger partial charge in [0.2, 0.25) is 0 Å². The highest BCUT2D eigenvalue weighted by Gasteiger charge is 2.07. The van der Waals surface area contributed by atoms with Crippen LogP contribution < -0.4 is 16.2 Å².